The summed E-state index contributed by atoms with van der Waals surface area (Å²) in [6, 6.07) is 21.5. The number of imide groups is 1. The fraction of sp³-hybridized carbons (Fsp3) is 0.207. The van der Waals surface area contributed by atoms with E-state index in [4.69, 9.17) is 4.74 Å². The van der Waals surface area contributed by atoms with Gasteiger partial charge in [-0.1, -0.05) is 42.0 Å². The third-order valence-electron chi connectivity index (χ3n) is 6.65. The number of carbonyl (C=O) groups excluding carboxylic acids is 3. The normalized spacial score (nSPS) is 19.3. The molecular formula is C29H26N2O4. The summed E-state index contributed by atoms with van der Waals surface area (Å²) >= 11 is 0. The molecule has 2 aliphatic rings. The molecule has 6 nitrogen and oxygen atoms in total. The average molecular weight is 467 g/mol. The summed E-state index contributed by atoms with van der Waals surface area (Å²) < 4.78 is 5.92. The van der Waals surface area contributed by atoms with Crippen LogP contribution in [0.1, 0.15) is 35.7 Å². The number of nitrogens with one attached hydrogen (secondary N) is 1. The van der Waals surface area contributed by atoms with Crippen LogP contribution >= 0.6 is 0 Å². The Morgan fingerprint density at radius 2 is 1.57 bits per heavy atom. The SMILES string of the molecule is CC1=CC[C@@H]2C(=O)N(c3ccccc3C(=O)Nc3ccc(Oc4ccccc4C)cc3)C(=O)[C@@H]2C1. The van der Waals surface area contributed by atoms with Crippen LogP contribution in [0.25, 0.3) is 0 Å². The first-order chi connectivity index (χ1) is 16.9. The predicted molar refractivity (Wildman–Crippen MR) is 135 cm³/mol. The standard InChI is InChI=1S/C29H26N2O4/c1-18-11-16-22-24(17-18)29(34)31(28(22)33)25-9-5-4-8-23(25)27(32)30-20-12-14-21(15-13-20)35-26-10-6-3-7-19(26)2/h3-15,22,24H,16-17H2,1-2H3,(H,30,32)/t22-,24+/m0/s1. The molecule has 3 aromatic rings. The van der Waals surface area contributed by atoms with Crippen molar-refractivity contribution in [3.8, 4) is 11.5 Å². The fourth-order valence-electron chi connectivity index (χ4n) is 4.74. The van der Waals surface area contributed by atoms with Crippen LogP contribution in [0.15, 0.2) is 84.4 Å². The van der Waals surface area contributed by atoms with Crippen molar-refractivity contribution in [3.05, 3.63) is 95.6 Å². The van der Waals surface area contributed by atoms with Crippen LogP contribution in [0.3, 0.4) is 0 Å². The number of hydrogen-bond donors (Lipinski definition) is 1. The van der Waals surface area contributed by atoms with Crippen LogP contribution < -0.4 is 15.0 Å². The highest BCUT2D eigenvalue weighted by atomic mass is 16.5. The van der Waals surface area contributed by atoms with E-state index < -0.39 is 5.91 Å². The van der Waals surface area contributed by atoms with E-state index in [1.165, 1.54) is 4.90 Å². The number of allylic oxidation sites excluding steroid dienone is 2. The molecule has 2 atom stereocenters. The summed E-state index contributed by atoms with van der Waals surface area (Å²) in [6.07, 6.45) is 3.17. The Kier molecular flexibility index (Phi) is 5.95. The van der Waals surface area contributed by atoms with Crippen LogP contribution in [0, 0.1) is 18.8 Å². The number of rotatable bonds is 5. The van der Waals surface area contributed by atoms with Gasteiger partial charge in [-0.15, -0.1) is 0 Å². The molecule has 1 aliphatic carbocycles. The lowest BCUT2D eigenvalue weighted by Gasteiger charge is -2.19. The molecule has 3 amide bonds. The molecule has 1 heterocycles. The van der Waals surface area contributed by atoms with Crippen molar-refractivity contribution >= 4 is 29.1 Å². The van der Waals surface area contributed by atoms with Gasteiger partial charge in [0.1, 0.15) is 11.5 Å². The van der Waals surface area contributed by atoms with Crippen molar-refractivity contribution in [1.82, 2.24) is 0 Å². The van der Waals surface area contributed by atoms with E-state index in [0.29, 0.717) is 30.0 Å². The first-order valence-corrected chi connectivity index (χ1v) is 11.7. The number of carbonyl (C=O) groups is 3. The number of ether oxygens (including phenoxy) is 1. The quantitative estimate of drug-likeness (QED) is 0.376. The molecular weight excluding hydrogens is 440 g/mol. The molecule has 5 rings (SSSR count). The molecule has 1 N–H and O–H groups in total. The summed E-state index contributed by atoms with van der Waals surface area (Å²) in [6.45, 7) is 3.96. The van der Waals surface area contributed by atoms with Crippen LogP contribution in [0.4, 0.5) is 11.4 Å². The topological polar surface area (TPSA) is 75.7 Å². The second-order valence-electron chi connectivity index (χ2n) is 9.08. The molecule has 6 heteroatoms. The number of nitrogens with zero attached hydrogens (tertiary/aromatic N) is 1. The molecule has 0 saturated carbocycles. The number of fused-ring (bicyclic) bond motifs is 1. The van der Waals surface area contributed by atoms with Crippen molar-refractivity contribution < 1.29 is 19.1 Å². The van der Waals surface area contributed by atoms with E-state index in [2.05, 4.69) is 5.32 Å². The Hall–Kier alpha value is -4.19. The summed E-state index contributed by atoms with van der Waals surface area (Å²) in [5.74, 6) is -0.154. The maximum atomic E-state index is 13.2. The van der Waals surface area contributed by atoms with Gasteiger partial charge in [-0.3, -0.25) is 14.4 Å². The molecule has 0 aromatic heterocycles. The lowest BCUT2D eigenvalue weighted by Crippen LogP contribution is -2.33. The summed E-state index contributed by atoms with van der Waals surface area (Å²) in [5, 5.41) is 2.87. The van der Waals surface area contributed by atoms with Gasteiger partial charge >= 0.3 is 0 Å². The highest BCUT2D eigenvalue weighted by molar-refractivity contribution is 6.25. The molecule has 0 bridgehead atoms. The Labute approximate surface area is 204 Å². The third-order valence-corrected chi connectivity index (χ3v) is 6.65. The third kappa shape index (κ3) is 4.35. The molecule has 1 aliphatic heterocycles. The predicted octanol–water partition coefficient (Wildman–Crippen LogP) is 5.89. The average Bonchev–Trinajstić information content (AvgIpc) is 3.10. The number of anilines is 2. The maximum Gasteiger partial charge on any atom is 0.257 e. The monoisotopic (exact) mass is 466 g/mol. The summed E-state index contributed by atoms with van der Waals surface area (Å²) in [5.41, 5.74) is 3.33. The maximum absolute atomic E-state index is 13.2. The van der Waals surface area contributed by atoms with Gasteiger partial charge in [0.25, 0.3) is 5.91 Å². The van der Waals surface area contributed by atoms with Crippen molar-refractivity contribution in [2.45, 2.75) is 26.7 Å². The van der Waals surface area contributed by atoms with E-state index in [1.807, 2.05) is 44.2 Å². The number of para-hydroxylation sites is 2. The zero-order chi connectivity index (χ0) is 24.5. The zero-order valence-corrected chi connectivity index (χ0v) is 19.7. The van der Waals surface area contributed by atoms with Gasteiger partial charge in [-0.25, -0.2) is 4.90 Å². The van der Waals surface area contributed by atoms with E-state index in [-0.39, 0.29) is 29.2 Å². The van der Waals surface area contributed by atoms with Crippen LogP contribution in [0.2, 0.25) is 0 Å². The van der Waals surface area contributed by atoms with Gasteiger partial charge in [0.2, 0.25) is 11.8 Å². The number of hydrogen-bond acceptors (Lipinski definition) is 4. The Morgan fingerprint density at radius 1 is 0.886 bits per heavy atom. The van der Waals surface area contributed by atoms with Gasteiger partial charge in [0, 0.05) is 5.69 Å². The van der Waals surface area contributed by atoms with Crippen LogP contribution in [-0.4, -0.2) is 17.7 Å². The van der Waals surface area contributed by atoms with E-state index in [9.17, 15) is 14.4 Å². The van der Waals surface area contributed by atoms with Gasteiger partial charge < -0.3 is 10.1 Å². The lowest BCUT2D eigenvalue weighted by atomic mass is 9.82. The van der Waals surface area contributed by atoms with Gasteiger partial charge in [-0.05, 0) is 74.7 Å². The molecule has 176 valence electrons. The molecule has 0 unspecified atom stereocenters. The van der Waals surface area contributed by atoms with E-state index in [1.54, 1.807) is 48.5 Å². The molecule has 1 saturated heterocycles. The van der Waals surface area contributed by atoms with Crippen molar-refractivity contribution in [1.29, 1.82) is 0 Å². The Morgan fingerprint density at radius 3 is 2.34 bits per heavy atom. The number of aryl methyl sites for hydroxylation is 1. The molecule has 3 aromatic carbocycles. The zero-order valence-electron chi connectivity index (χ0n) is 19.7. The minimum Gasteiger partial charge on any atom is -0.457 e. The number of amides is 3. The Balaban J connectivity index is 1.34. The second kappa shape index (κ2) is 9.22. The summed E-state index contributed by atoms with van der Waals surface area (Å²) in [7, 11) is 0. The van der Waals surface area contributed by atoms with Crippen LogP contribution in [-0.2, 0) is 9.59 Å². The fourth-order valence-corrected chi connectivity index (χ4v) is 4.74. The number of benzene rings is 3. The minimum absolute atomic E-state index is 0.231. The molecule has 0 spiro atoms. The van der Waals surface area contributed by atoms with Crippen molar-refractivity contribution in [2.75, 3.05) is 10.2 Å². The second-order valence-corrected chi connectivity index (χ2v) is 9.08. The van der Waals surface area contributed by atoms with E-state index >= 15 is 0 Å². The first kappa shape index (κ1) is 22.6. The van der Waals surface area contributed by atoms with Gasteiger partial charge in [-0.2, -0.15) is 0 Å². The highest BCUT2D eigenvalue weighted by Gasteiger charge is 2.49. The molecule has 1 fully saturated rings. The first-order valence-electron chi connectivity index (χ1n) is 11.7. The molecule has 0 radical (unpaired) electrons. The van der Waals surface area contributed by atoms with E-state index in [0.717, 1.165) is 16.9 Å². The largest absolute Gasteiger partial charge is 0.457 e. The summed E-state index contributed by atoms with van der Waals surface area (Å²) in [4.78, 5) is 40.7. The van der Waals surface area contributed by atoms with Gasteiger partial charge in [0.15, 0.2) is 0 Å². The lowest BCUT2D eigenvalue weighted by molar-refractivity contribution is -0.122. The Bertz CT molecular complexity index is 1340. The molecule has 35 heavy (non-hydrogen) atoms. The minimum atomic E-state index is -0.391. The van der Waals surface area contributed by atoms with Crippen molar-refractivity contribution in [3.63, 3.8) is 0 Å². The van der Waals surface area contributed by atoms with Crippen molar-refractivity contribution in [2.24, 2.45) is 11.8 Å². The highest BCUT2D eigenvalue weighted by Crippen LogP contribution is 2.40. The van der Waals surface area contributed by atoms with Crippen LogP contribution in [0.5, 0.6) is 11.5 Å². The van der Waals surface area contributed by atoms with Gasteiger partial charge in [0.05, 0.1) is 23.1 Å². The smallest absolute Gasteiger partial charge is 0.257 e.